The van der Waals surface area contributed by atoms with E-state index in [9.17, 15) is 4.79 Å². The van der Waals surface area contributed by atoms with Crippen LogP contribution in [0, 0.1) is 5.92 Å². The van der Waals surface area contributed by atoms with E-state index in [1.165, 1.54) is 17.5 Å². The Hall–Kier alpha value is -1.40. The smallest absolute Gasteiger partial charge is 0.268 e. The number of aromatic nitrogens is 2. The molecule has 6 nitrogen and oxygen atoms in total. The van der Waals surface area contributed by atoms with Gasteiger partial charge in [-0.1, -0.05) is 0 Å². The molecule has 1 aliphatic carbocycles. The molecule has 1 aromatic rings. The van der Waals surface area contributed by atoms with E-state index in [1.807, 2.05) is 11.9 Å². The molecule has 0 spiro atoms. The summed E-state index contributed by atoms with van der Waals surface area (Å²) in [7, 11) is 3.59. The fourth-order valence-corrected chi connectivity index (χ4v) is 1.97. The first-order chi connectivity index (χ1) is 9.70. The van der Waals surface area contributed by atoms with Gasteiger partial charge in [-0.15, -0.1) is 0 Å². The van der Waals surface area contributed by atoms with Crippen molar-refractivity contribution in [2.75, 3.05) is 45.3 Å². The van der Waals surface area contributed by atoms with Crippen molar-refractivity contribution in [1.29, 1.82) is 0 Å². The van der Waals surface area contributed by atoms with Crippen molar-refractivity contribution in [2.24, 2.45) is 5.92 Å². The van der Waals surface area contributed by atoms with Gasteiger partial charge < -0.3 is 15.0 Å². The second kappa shape index (κ2) is 7.40. The summed E-state index contributed by atoms with van der Waals surface area (Å²) in [6, 6.07) is 1.63. The average molecular weight is 280 g/mol. The lowest BCUT2D eigenvalue weighted by molar-refractivity contribution is 0.206. The summed E-state index contributed by atoms with van der Waals surface area (Å²) >= 11 is 0. The minimum Gasteiger partial charge on any atom is -0.383 e. The van der Waals surface area contributed by atoms with Crippen molar-refractivity contribution in [3.05, 3.63) is 22.6 Å². The topological polar surface area (TPSA) is 59.4 Å². The Labute approximate surface area is 119 Å². The molecule has 2 rings (SSSR count). The molecule has 0 radical (unpaired) electrons. The van der Waals surface area contributed by atoms with Gasteiger partial charge in [-0.25, -0.2) is 4.68 Å². The number of methoxy groups -OCH3 is 1. The quantitative estimate of drug-likeness (QED) is 0.660. The summed E-state index contributed by atoms with van der Waals surface area (Å²) in [5.41, 5.74) is 0.772. The van der Waals surface area contributed by atoms with Gasteiger partial charge in [0.05, 0.1) is 25.0 Å². The third-order valence-electron chi connectivity index (χ3n) is 3.56. The molecule has 0 aromatic carbocycles. The second-order valence-corrected chi connectivity index (χ2v) is 5.34. The number of ether oxygens (including phenoxy) is 1. The maximum absolute atomic E-state index is 12.0. The molecule has 0 aliphatic heterocycles. The monoisotopic (exact) mass is 280 g/mol. The van der Waals surface area contributed by atoms with E-state index >= 15 is 0 Å². The molecule has 112 valence electrons. The van der Waals surface area contributed by atoms with E-state index in [0.717, 1.165) is 31.2 Å². The predicted molar refractivity (Wildman–Crippen MR) is 79.2 cm³/mol. The first-order valence-corrected chi connectivity index (χ1v) is 7.18. The summed E-state index contributed by atoms with van der Waals surface area (Å²) in [6.45, 7) is 3.84. The van der Waals surface area contributed by atoms with Gasteiger partial charge in [-0.05, 0) is 25.3 Å². The molecule has 1 aromatic heterocycles. The largest absolute Gasteiger partial charge is 0.383 e. The third-order valence-corrected chi connectivity index (χ3v) is 3.56. The molecule has 1 heterocycles. The Kier molecular flexibility index (Phi) is 5.55. The number of hydrogen-bond donors (Lipinski definition) is 1. The van der Waals surface area contributed by atoms with E-state index in [1.54, 1.807) is 19.4 Å². The molecular formula is C14H24N4O2. The number of likely N-dealkylation sites (N-methyl/N-ethyl adjacent to an activating group) is 1. The summed E-state index contributed by atoms with van der Waals surface area (Å²) in [5.74, 6) is 0.858. The zero-order valence-corrected chi connectivity index (χ0v) is 12.3. The highest BCUT2D eigenvalue weighted by Crippen LogP contribution is 2.27. The van der Waals surface area contributed by atoms with Crippen LogP contribution < -0.4 is 15.8 Å². The Bertz CT molecular complexity index is 470. The number of nitrogens with zero attached hydrogens (tertiary/aromatic N) is 3. The lowest BCUT2D eigenvalue weighted by Gasteiger charge is -2.18. The van der Waals surface area contributed by atoms with Crippen LogP contribution in [0.25, 0.3) is 0 Å². The fourth-order valence-electron chi connectivity index (χ4n) is 1.97. The number of nitrogens with one attached hydrogen (secondary N) is 1. The molecule has 0 amide bonds. The van der Waals surface area contributed by atoms with E-state index in [2.05, 4.69) is 10.4 Å². The summed E-state index contributed by atoms with van der Waals surface area (Å²) in [4.78, 5) is 13.9. The SMILES string of the molecule is COCCN(C)c1cnn(CCNCC2CC2)c(=O)c1. The van der Waals surface area contributed by atoms with Crippen molar-refractivity contribution in [2.45, 2.75) is 19.4 Å². The molecule has 0 saturated heterocycles. The van der Waals surface area contributed by atoms with Gasteiger partial charge in [-0.2, -0.15) is 5.10 Å². The van der Waals surface area contributed by atoms with E-state index in [-0.39, 0.29) is 5.56 Å². The van der Waals surface area contributed by atoms with Gasteiger partial charge in [-0.3, -0.25) is 4.79 Å². The van der Waals surface area contributed by atoms with Crippen LogP contribution in [-0.2, 0) is 11.3 Å². The zero-order valence-electron chi connectivity index (χ0n) is 12.3. The van der Waals surface area contributed by atoms with Crippen molar-refractivity contribution in [3.8, 4) is 0 Å². The Morgan fingerprint density at radius 3 is 3.00 bits per heavy atom. The molecular weight excluding hydrogens is 256 g/mol. The van der Waals surface area contributed by atoms with Crippen LogP contribution in [0.5, 0.6) is 0 Å². The highest BCUT2D eigenvalue weighted by molar-refractivity contribution is 5.41. The minimum atomic E-state index is -0.0556. The van der Waals surface area contributed by atoms with Gasteiger partial charge >= 0.3 is 0 Å². The highest BCUT2D eigenvalue weighted by Gasteiger charge is 2.19. The minimum absolute atomic E-state index is 0.0556. The summed E-state index contributed by atoms with van der Waals surface area (Å²) < 4.78 is 6.53. The summed E-state index contributed by atoms with van der Waals surface area (Å²) in [5, 5.41) is 7.58. The van der Waals surface area contributed by atoms with Crippen LogP contribution in [0.4, 0.5) is 5.69 Å². The Morgan fingerprint density at radius 1 is 1.55 bits per heavy atom. The van der Waals surface area contributed by atoms with Gasteiger partial charge in [0.2, 0.25) is 0 Å². The molecule has 1 saturated carbocycles. The average Bonchev–Trinajstić information content (AvgIpc) is 3.26. The van der Waals surface area contributed by atoms with Crippen LogP contribution in [-0.4, -0.2) is 50.2 Å². The third kappa shape index (κ3) is 4.61. The van der Waals surface area contributed by atoms with Gasteiger partial charge in [0, 0.05) is 33.3 Å². The van der Waals surface area contributed by atoms with Crippen molar-refractivity contribution in [3.63, 3.8) is 0 Å². The first kappa shape index (κ1) is 15.0. The molecule has 6 heteroatoms. The van der Waals surface area contributed by atoms with Crippen molar-refractivity contribution in [1.82, 2.24) is 15.1 Å². The molecule has 20 heavy (non-hydrogen) atoms. The van der Waals surface area contributed by atoms with Crippen LogP contribution in [0.1, 0.15) is 12.8 Å². The van der Waals surface area contributed by atoms with Crippen molar-refractivity contribution >= 4 is 5.69 Å². The molecule has 0 unspecified atom stereocenters. The van der Waals surface area contributed by atoms with Crippen LogP contribution >= 0.6 is 0 Å². The number of rotatable bonds is 9. The zero-order chi connectivity index (χ0) is 14.4. The highest BCUT2D eigenvalue weighted by atomic mass is 16.5. The Balaban J connectivity index is 1.82. The maximum Gasteiger partial charge on any atom is 0.268 e. The first-order valence-electron chi connectivity index (χ1n) is 7.18. The molecule has 0 atom stereocenters. The van der Waals surface area contributed by atoms with Crippen molar-refractivity contribution < 1.29 is 4.74 Å². The van der Waals surface area contributed by atoms with Gasteiger partial charge in [0.25, 0.3) is 5.56 Å². The van der Waals surface area contributed by atoms with Gasteiger partial charge in [0.15, 0.2) is 0 Å². The number of anilines is 1. The summed E-state index contributed by atoms with van der Waals surface area (Å²) in [6.07, 6.45) is 4.42. The van der Waals surface area contributed by atoms with Gasteiger partial charge in [0.1, 0.15) is 0 Å². The van der Waals surface area contributed by atoms with Crippen LogP contribution in [0.2, 0.25) is 0 Å². The standard InChI is InChI=1S/C14H24N4O2/c1-17(7-8-20-2)13-9-14(19)18(16-11-13)6-5-15-10-12-3-4-12/h9,11-12,15H,3-8,10H2,1-2H3. The molecule has 1 fully saturated rings. The van der Waals surface area contributed by atoms with E-state index in [4.69, 9.17) is 4.74 Å². The van der Waals surface area contributed by atoms with E-state index < -0.39 is 0 Å². The van der Waals surface area contributed by atoms with Crippen LogP contribution in [0.15, 0.2) is 17.1 Å². The normalized spacial score (nSPS) is 14.5. The molecule has 1 N–H and O–H groups in total. The predicted octanol–water partition coefficient (Wildman–Crippen LogP) is 0.326. The molecule has 1 aliphatic rings. The lowest BCUT2D eigenvalue weighted by Crippen LogP contribution is -2.31. The fraction of sp³-hybridized carbons (Fsp3) is 0.714. The van der Waals surface area contributed by atoms with Crippen LogP contribution in [0.3, 0.4) is 0 Å². The molecule has 0 bridgehead atoms. The lowest BCUT2D eigenvalue weighted by atomic mass is 10.4. The second-order valence-electron chi connectivity index (χ2n) is 5.34. The van der Waals surface area contributed by atoms with E-state index in [0.29, 0.717) is 13.2 Å². The maximum atomic E-state index is 12.0. The Morgan fingerprint density at radius 2 is 2.35 bits per heavy atom. The number of hydrogen-bond acceptors (Lipinski definition) is 5.